The van der Waals surface area contributed by atoms with Crippen LogP contribution in [0.5, 0.6) is 0 Å². The molecule has 7 heteroatoms. The molecule has 28 heavy (non-hydrogen) atoms. The summed E-state index contributed by atoms with van der Waals surface area (Å²) in [5, 5.41) is 13.9. The second-order valence-electron chi connectivity index (χ2n) is 6.67. The van der Waals surface area contributed by atoms with Crippen LogP contribution in [0, 0.1) is 10.1 Å². The minimum atomic E-state index is -0.457. The van der Waals surface area contributed by atoms with Crippen LogP contribution in [0.15, 0.2) is 54.6 Å². The van der Waals surface area contributed by atoms with Crippen molar-refractivity contribution in [1.82, 2.24) is 5.32 Å². The van der Waals surface area contributed by atoms with Crippen LogP contribution in [0.25, 0.3) is 6.08 Å². The zero-order chi connectivity index (χ0) is 19.8. The summed E-state index contributed by atoms with van der Waals surface area (Å²) in [6.07, 6.45) is 2.80. The van der Waals surface area contributed by atoms with Gasteiger partial charge in [-0.2, -0.15) is 0 Å². The lowest BCUT2D eigenvalue weighted by molar-refractivity contribution is -0.921. The van der Waals surface area contributed by atoms with Crippen molar-refractivity contribution in [3.8, 4) is 0 Å². The molecule has 1 fully saturated rings. The van der Waals surface area contributed by atoms with Crippen LogP contribution in [-0.2, 0) is 22.6 Å². The summed E-state index contributed by atoms with van der Waals surface area (Å²) in [5.74, 6) is -0.285. The molecule has 0 spiro atoms. The Morgan fingerprint density at radius 2 is 1.79 bits per heavy atom. The minimum absolute atomic E-state index is 0.0228. The van der Waals surface area contributed by atoms with E-state index in [-0.39, 0.29) is 11.6 Å². The highest BCUT2D eigenvalue weighted by Crippen LogP contribution is 2.18. The van der Waals surface area contributed by atoms with E-state index in [0.29, 0.717) is 12.1 Å². The molecule has 1 aliphatic heterocycles. The van der Waals surface area contributed by atoms with E-state index in [1.165, 1.54) is 28.7 Å². The summed E-state index contributed by atoms with van der Waals surface area (Å²) in [5.41, 5.74) is 2.67. The van der Waals surface area contributed by atoms with Crippen molar-refractivity contribution in [1.29, 1.82) is 0 Å². The predicted octanol–water partition coefficient (Wildman–Crippen LogP) is 1.34. The molecule has 2 aromatic rings. The van der Waals surface area contributed by atoms with E-state index >= 15 is 0 Å². The van der Waals surface area contributed by atoms with Crippen molar-refractivity contribution in [3.63, 3.8) is 0 Å². The summed E-state index contributed by atoms with van der Waals surface area (Å²) in [7, 11) is 0. The minimum Gasteiger partial charge on any atom is -0.370 e. The quantitative estimate of drug-likeness (QED) is 0.430. The molecule has 3 rings (SSSR count). The van der Waals surface area contributed by atoms with Gasteiger partial charge >= 0.3 is 0 Å². The first-order valence-electron chi connectivity index (χ1n) is 9.31. The smallest absolute Gasteiger partial charge is 0.276 e. The number of nitrogens with one attached hydrogen (secondary N) is 2. The van der Waals surface area contributed by atoms with Gasteiger partial charge in [-0.1, -0.05) is 36.4 Å². The number of nitrogens with zero attached hydrogens (tertiary/aromatic N) is 1. The third-order valence-corrected chi connectivity index (χ3v) is 4.76. The van der Waals surface area contributed by atoms with Gasteiger partial charge in [0.25, 0.3) is 5.69 Å². The monoisotopic (exact) mass is 382 g/mol. The first-order valence-corrected chi connectivity index (χ1v) is 9.31. The van der Waals surface area contributed by atoms with Crippen LogP contribution in [0.3, 0.4) is 0 Å². The number of carbonyl (C=O) groups is 1. The van der Waals surface area contributed by atoms with Gasteiger partial charge < -0.3 is 15.0 Å². The molecule has 0 atom stereocenters. The SMILES string of the molecule is O=C(/C=C/c1ccccc1[N+](=O)[O-])NCc1ccccc1C[NH+]1CCOCC1. The van der Waals surface area contributed by atoms with Gasteiger partial charge in [-0.3, -0.25) is 14.9 Å². The number of nitro benzene ring substituents is 1. The van der Waals surface area contributed by atoms with E-state index in [1.807, 2.05) is 18.2 Å². The number of amides is 1. The Morgan fingerprint density at radius 3 is 2.54 bits per heavy atom. The van der Waals surface area contributed by atoms with E-state index in [0.717, 1.165) is 38.4 Å². The van der Waals surface area contributed by atoms with E-state index in [1.54, 1.807) is 18.2 Å². The fourth-order valence-corrected chi connectivity index (χ4v) is 3.21. The van der Waals surface area contributed by atoms with E-state index in [9.17, 15) is 14.9 Å². The maximum Gasteiger partial charge on any atom is 0.276 e. The number of ether oxygens (including phenoxy) is 1. The Balaban J connectivity index is 1.60. The zero-order valence-corrected chi connectivity index (χ0v) is 15.6. The number of quaternary nitrogens is 1. The Kier molecular flexibility index (Phi) is 6.89. The molecule has 146 valence electrons. The molecule has 0 saturated carbocycles. The standard InChI is InChI=1S/C21H23N3O4/c25-21(10-9-17-5-3-4-8-20(17)24(26)27)22-15-18-6-1-2-7-19(18)16-23-11-13-28-14-12-23/h1-10H,11-16H2,(H,22,25)/p+1/b10-9+. The zero-order valence-electron chi connectivity index (χ0n) is 15.6. The van der Waals surface area contributed by atoms with Gasteiger partial charge in [0.15, 0.2) is 0 Å². The lowest BCUT2D eigenvalue weighted by atomic mass is 10.1. The van der Waals surface area contributed by atoms with E-state index < -0.39 is 4.92 Å². The molecule has 7 nitrogen and oxygen atoms in total. The van der Waals surface area contributed by atoms with E-state index in [4.69, 9.17) is 4.74 Å². The van der Waals surface area contributed by atoms with Crippen LogP contribution in [0.4, 0.5) is 5.69 Å². The average Bonchev–Trinajstić information content (AvgIpc) is 2.72. The molecule has 0 aromatic heterocycles. The molecule has 2 N–H and O–H groups in total. The average molecular weight is 382 g/mol. The molecule has 0 bridgehead atoms. The summed E-state index contributed by atoms with van der Waals surface area (Å²) >= 11 is 0. The Bertz CT molecular complexity index is 860. The number of carbonyl (C=O) groups excluding carboxylic acids is 1. The van der Waals surface area contributed by atoms with Crippen molar-refractivity contribution >= 4 is 17.7 Å². The predicted molar refractivity (Wildman–Crippen MR) is 106 cm³/mol. The van der Waals surface area contributed by atoms with Crippen LogP contribution in [0.2, 0.25) is 0 Å². The summed E-state index contributed by atoms with van der Waals surface area (Å²) in [4.78, 5) is 24.2. The summed E-state index contributed by atoms with van der Waals surface area (Å²) in [6.45, 7) is 4.86. The van der Waals surface area contributed by atoms with Crippen LogP contribution in [0.1, 0.15) is 16.7 Å². The number of nitro groups is 1. The van der Waals surface area contributed by atoms with Gasteiger partial charge in [0.05, 0.1) is 23.7 Å². The lowest BCUT2D eigenvalue weighted by Crippen LogP contribution is -3.12. The van der Waals surface area contributed by atoms with Crippen molar-refractivity contribution in [3.05, 3.63) is 81.4 Å². The molecule has 1 heterocycles. The number of hydrogen-bond acceptors (Lipinski definition) is 4. The number of rotatable bonds is 7. The number of para-hydroxylation sites is 1. The molecule has 1 amide bonds. The highest BCUT2D eigenvalue weighted by atomic mass is 16.6. The fraction of sp³-hybridized carbons (Fsp3) is 0.286. The van der Waals surface area contributed by atoms with Crippen molar-refractivity contribution in [2.45, 2.75) is 13.1 Å². The van der Waals surface area contributed by atoms with Gasteiger partial charge in [-0.15, -0.1) is 0 Å². The number of morpholine rings is 1. The Morgan fingerprint density at radius 1 is 1.11 bits per heavy atom. The lowest BCUT2D eigenvalue weighted by Gasteiger charge is -2.24. The molecular weight excluding hydrogens is 358 g/mol. The molecule has 0 radical (unpaired) electrons. The molecule has 2 aromatic carbocycles. The molecule has 0 unspecified atom stereocenters. The molecule has 0 aliphatic carbocycles. The third-order valence-electron chi connectivity index (χ3n) is 4.76. The van der Waals surface area contributed by atoms with Crippen LogP contribution < -0.4 is 10.2 Å². The highest BCUT2D eigenvalue weighted by molar-refractivity contribution is 5.92. The van der Waals surface area contributed by atoms with Gasteiger partial charge in [-0.05, 0) is 17.7 Å². The van der Waals surface area contributed by atoms with Crippen molar-refractivity contribution < 1.29 is 19.4 Å². The normalized spacial score (nSPS) is 14.9. The van der Waals surface area contributed by atoms with E-state index in [2.05, 4.69) is 11.4 Å². The molecule has 1 saturated heterocycles. The van der Waals surface area contributed by atoms with Gasteiger partial charge in [0.2, 0.25) is 5.91 Å². The highest BCUT2D eigenvalue weighted by Gasteiger charge is 2.16. The third kappa shape index (κ3) is 5.48. The molecule has 1 aliphatic rings. The maximum atomic E-state index is 12.2. The second-order valence-corrected chi connectivity index (χ2v) is 6.67. The topological polar surface area (TPSA) is 85.9 Å². The van der Waals surface area contributed by atoms with Gasteiger partial charge in [0.1, 0.15) is 19.6 Å². The van der Waals surface area contributed by atoms with Crippen LogP contribution >= 0.6 is 0 Å². The van der Waals surface area contributed by atoms with Crippen molar-refractivity contribution in [2.24, 2.45) is 0 Å². The summed E-state index contributed by atoms with van der Waals surface area (Å²) in [6, 6.07) is 14.4. The number of benzene rings is 2. The van der Waals surface area contributed by atoms with Crippen LogP contribution in [-0.4, -0.2) is 37.1 Å². The second kappa shape index (κ2) is 9.77. The van der Waals surface area contributed by atoms with Gasteiger partial charge in [0, 0.05) is 24.3 Å². The first kappa shape index (κ1) is 19.7. The first-order chi connectivity index (χ1) is 13.6. The van der Waals surface area contributed by atoms with Gasteiger partial charge in [-0.25, -0.2) is 0 Å². The van der Waals surface area contributed by atoms with Crippen molar-refractivity contribution in [2.75, 3.05) is 26.3 Å². The summed E-state index contributed by atoms with van der Waals surface area (Å²) < 4.78 is 5.41. The maximum absolute atomic E-state index is 12.2. The largest absolute Gasteiger partial charge is 0.370 e. The molecular formula is C21H24N3O4+. The fourth-order valence-electron chi connectivity index (χ4n) is 3.21. The Hall–Kier alpha value is -3.03. The Labute approximate surface area is 163 Å². The number of hydrogen-bond donors (Lipinski definition) is 2.